The van der Waals surface area contributed by atoms with Gasteiger partial charge in [0.25, 0.3) is 0 Å². The van der Waals surface area contributed by atoms with E-state index < -0.39 is 5.60 Å². The molecule has 1 N–H and O–H groups in total. The van der Waals surface area contributed by atoms with Crippen LogP contribution in [0.1, 0.15) is 13.8 Å². The highest BCUT2D eigenvalue weighted by Gasteiger charge is 2.30. The maximum atomic E-state index is 11.3. The molecule has 2 amide bonds. The summed E-state index contributed by atoms with van der Waals surface area (Å²) in [5, 5.41) is 9.45. The van der Waals surface area contributed by atoms with Gasteiger partial charge in [-0.2, -0.15) is 0 Å². The van der Waals surface area contributed by atoms with Gasteiger partial charge < -0.3 is 5.11 Å². The second-order valence-electron chi connectivity index (χ2n) is 3.68. The first-order valence-corrected chi connectivity index (χ1v) is 5.19. The van der Waals surface area contributed by atoms with Crippen molar-refractivity contribution in [3.63, 3.8) is 0 Å². The molecule has 5 heteroatoms. The van der Waals surface area contributed by atoms with Gasteiger partial charge in [0, 0.05) is 0 Å². The van der Waals surface area contributed by atoms with Gasteiger partial charge in [0.1, 0.15) is 0 Å². The van der Waals surface area contributed by atoms with Gasteiger partial charge >= 0.3 is 0 Å². The molecular formula is C8H13NO3S. The van der Waals surface area contributed by atoms with Crippen LogP contribution in [0, 0.1) is 0 Å². The van der Waals surface area contributed by atoms with Crippen LogP contribution in [0.15, 0.2) is 0 Å². The number of carbonyl (C=O) groups excluding carboxylic acids is 2. The lowest BCUT2D eigenvalue weighted by atomic mass is 10.1. The quantitative estimate of drug-likeness (QED) is 0.635. The Morgan fingerprint density at radius 1 is 1.38 bits per heavy atom. The third-order valence-corrected chi connectivity index (χ3v) is 2.50. The maximum absolute atomic E-state index is 11.3. The summed E-state index contributed by atoms with van der Waals surface area (Å²) < 4.78 is 0. The van der Waals surface area contributed by atoms with Crippen LogP contribution in [-0.4, -0.2) is 45.5 Å². The van der Waals surface area contributed by atoms with E-state index in [1.54, 1.807) is 13.8 Å². The highest BCUT2D eigenvalue weighted by Crippen LogP contribution is 2.15. The van der Waals surface area contributed by atoms with Crippen molar-refractivity contribution in [2.45, 2.75) is 19.4 Å². The van der Waals surface area contributed by atoms with E-state index in [9.17, 15) is 14.7 Å². The molecule has 0 saturated carbocycles. The first-order valence-electron chi connectivity index (χ1n) is 4.03. The Kier molecular flexibility index (Phi) is 2.98. The van der Waals surface area contributed by atoms with Crippen molar-refractivity contribution in [1.29, 1.82) is 0 Å². The highest BCUT2D eigenvalue weighted by molar-refractivity contribution is 8.00. The number of hydrogen-bond donors (Lipinski definition) is 1. The predicted molar refractivity (Wildman–Crippen MR) is 50.3 cm³/mol. The van der Waals surface area contributed by atoms with E-state index in [0.29, 0.717) is 11.5 Å². The number of hydrogen-bond acceptors (Lipinski definition) is 4. The molecule has 0 aromatic rings. The number of aliphatic hydroxyl groups is 1. The first kappa shape index (κ1) is 10.5. The maximum Gasteiger partial charge on any atom is 0.239 e. The summed E-state index contributed by atoms with van der Waals surface area (Å²) in [5.74, 6) is 0.260. The van der Waals surface area contributed by atoms with Crippen LogP contribution in [0.4, 0.5) is 0 Å². The second-order valence-corrected chi connectivity index (χ2v) is 4.66. The zero-order chi connectivity index (χ0) is 10.1. The van der Waals surface area contributed by atoms with Gasteiger partial charge in [0.15, 0.2) is 0 Å². The summed E-state index contributed by atoms with van der Waals surface area (Å²) >= 11 is 1.32. The van der Waals surface area contributed by atoms with E-state index in [4.69, 9.17) is 0 Å². The van der Waals surface area contributed by atoms with Gasteiger partial charge in [-0.05, 0) is 13.8 Å². The van der Waals surface area contributed by atoms with Crippen molar-refractivity contribution in [1.82, 2.24) is 4.90 Å². The molecule has 74 valence electrons. The molecule has 1 heterocycles. The van der Waals surface area contributed by atoms with Crippen molar-refractivity contribution in [2.75, 3.05) is 18.1 Å². The first-order chi connectivity index (χ1) is 5.90. The summed E-state index contributed by atoms with van der Waals surface area (Å²) in [5.41, 5.74) is -1.01. The molecule has 1 aliphatic rings. The van der Waals surface area contributed by atoms with Crippen molar-refractivity contribution < 1.29 is 14.7 Å². The smallest absolute Gasteiger partial charge is 0.239 e. The lowest BCUT2D eigenvalue weighted by molar-refractivity contribution is -0.145. The summed E-state index contributed by atoms with van der Waals surface area (Å²) in [6.07, 6.45) is 0. The molecule has 1 fully saturated rings. The van der Waals surface area contributed by atoms with Crippen molar-refractivity contribution in [2.24, 2.45) is 0 Å². The van der Waals surface area contributed by atoms with Gasteiger partial charge in [-0.15, -0.1) is 11.8 Å². The lowest BCUT2D eigenvalue weighted by Crippen LogP contribution is -2.49. The average Bonchev–Trinajstić information content (AvgIpc) is 1.95. The highest BCUT2D eigenvalue weighted by atomic mass is 32.2. The normalized spacial score (nSPS) is 19.5. The Hall–Kier alpha value is -0.550. The van der Waals surface area contributed by atoms with Gasteiger partial charge in [-0.3, -0.25) is 14.5 Å². The minimum absolute atomic E-state index is 0.0885. The van der Waals surface area contributed by atoms with Crippen LogP contribution in [-0.2, 0) is 9.59 Å². The Balaban J connectivity index is 2.65. The summed E-state index contributed by atoms with van der Waals surface area (Å²) in [4.78, 5) is 23.6. The topological polar surface area (TPSA) is 57.6 Å². The number of imide groups is 1. The van der Waals surface area contributed by atoms with E-state index >= 15 is 0 Å². The van der Waals surface area contributed by atoms with Crippen molar-refractivity contribution >= 4 is 23.6 Å². The molecule has 1 rings (SSSR count). The molecule has 0 aromatic carbocycles. The van der Waals surface area contributed by atoms with Crippen LogP contribution >= 0.6 is 11.8 Å². The zero-order valence-electron chi connectivity index (χ0n) is 7.74. The summed E-state index contributed by atoms with van der Waals surface area (Å²) in [7, 11) is 0. The van der Waals surface area contributed by atoms with E-state index in [2.05, 4.69) is 0 Å². The Bertz CT molecular complexity index is 218. The van der Waals surface area contributed by atoms with E-state index in [1.807, 2.05) is 0 Å². The number of amides is 2. The number of rotatable bonds is 2. The predicted octanol–water partition coefficient (Wildman–Crippen LogP) is -0.141. The third kappa shape index (κ3) is 3.00. The molecular weight excluding hydrogens is 190 g/mol. The zero-order valence-corrected chi connectivity index (χ0v) is 8.56. The fourth-order valence-corrected chi connectivity index (χ4v) is 1.85. The Morgan fingerprint density at radius 3 is 2.23 bits per heavy atom. The van der Waals surface area contributed by atoms with E-state index in [-0.39, 0.29) is 18.4 Å². The minimum atomic E-state index is -1.01. The minimum Gasteiger partial charge on any atom is -0.389 e. The van der Waals surface area contributed by atoms with E-state index in [0.717, 1.165) is 4.90 Å². The number of carbonyl (C=O) groups is 2. The molecule has 0 aliphatic carbocycles. The Morgan fingerprint density at radius 2 is 1.85 bits per heavy atom. The lowest BCUT2D eigenvalue weighted by Gasteiger charge is -2.29. The van der Waals surface area contributed by atoms with Crippen molar-refractivity contribution in [3.05, 3.63) is 0 Å². The molecule has 1 saturated heterocycles. The van der Waals surface area contributed by atoms with Gasteiger partial charge in [-0.1, -0.05) is 0 Å². The average molecular weight is 203 g/mol. The summed E-state index contributed by atoms with van der Waals surface area (Å²) in [6.45, 7) is 3.25. The van der Waals surface area contributed by atoms with Crippen molar-refractivity contribution in [3.8, 4) is 0 Å². The molecule has 13 heavy (non-hydrogen) atoms. The SMILES string of the molecule is CC(C)(O)CN1C(=O)CSCC1=O. The molecule has 0 unspecified atom stereocenters. The Labute approximate surface area is 81.3 Å². The fourth-order valence-electron chi connectivity index (χ4n) is 1.08. The molecule has 0 radical (unpaired) electrons. The van der Waals surface area contributed by atoms with Gasteiger partial charge in [-0.25, -0.2) is 0 Å². The molecule has 0 atom stereocenters. The molecule has 0 aromatic heterocycles. The van der Waals surface area contributed by atoms with Crippen LogP contribution in [0.25, 0.3) is 0 Å². The third-order valence-electron chi connectivity index (χ3n) is 1.60. The molecule has 4 nitrogen and oxygen atoms in total. The van der Waals surface area contributed by atoms with Crippen LogP contribution in [0.2, 0.25) is 0 Å². The van der Waals surface area contributed by atoms with E-state index in [1.165, 1.54) is 11.8 Å². The van der Waals surface area contributed by atoms with Crippen LogP contribution in [0.3, 0.4) is 0 Å². The molecule has 0 spiro atoms. The van der Waals surface area contributed by atoms with Crippen LogP contribution < -0.4 is 0 Å². The monoisotopic (exact) mass is 203 g/mol. The standard InChI is InChI=1S/C8H13NO3S/c1-8(2,12)5-9-6(10)3-13-4-7(9)11/h12H,3-5H2,1-2H3. The van der Waals surface area contributed by atoms with Crippen LogP contribution in [0.5, 0.6) is 0 Å². The fraction of sp³-hybridized carbons (Fsp3) is 0.750. The number of thioether (sulfide) groups is 1. The van der Waals surface area contributed by atoms with Gasteiger partial charge in [0.2, 0.25) is 11.8 Å². The number of nitrogens with zero attached hydrogens (tertiary/aromatic N) is 1. The summed E-state index contributed by atoms with van der Waals surface area (Å²) in [6, 6.07) is 0. The molecule has 0 bridgehead atoms. The molecule has 1 aliphatic heterocycles. The largest absolute Gasteiger partial charge is 0.389 e. The van der Waals surface area contributed by atoms with Gasteiger partial charge in [0.05, 0.1) is 23.7 Å². The number of β-amino-alcohol motifs (C(OH)–C–C–N with tert-alkyl or cyclic N) is 1. The second kappa shape index (κ2) is 3.67.